The molecule has 2 aliphatic rings. The first-order valence-electron chi connectivity index (χ1n) is 10.4. The monoisotopic (exact) mass is 463 g/mol. The van der Waals surface area contributed by atoms with Crippen molar-refractivity contribution >= 4 is 40.9 Å². The molecular formula is C24H19F2N5O3. The second-order valence-electron chi connectivity index (χ2n) is 7.94. The molecule has 0 radical (unpaired) electrons. The summed E-state index contributed by atoms with van der Waals surface area (Å²) in [6.45, 7) is -1.36. The second kappa shape index (κ2) is 9.31. The van der Waals surface area contributed by atoms with Crippen LogP contribution >= 0.6 is 0 Å². The molecule has 0 spiro atoms. The van der Waals surface area contributed by atoms with Crippen LogP contribution in [0.15, 0.2) is 53.2 Å². The Morgan fingerprint density at radius 2 is 2.12 bits per heavy atom. The van der Waals surface area contributed by atoms with Gasteiger partial charge in [0, 0.05) is 30.6 Å². The summed E-state index contributed by atoms with van der Waals surface area (Å²) in [5.41, 5.74) is 2.38. The number of hydrogen-bond donors (Lipinski definition) is 1. The molecule has 1 aromatic carbocycles. The Balaban J connectivity index is 1.49. The number of likely N-dealkylation sites (tertiary alicyclic amines) is 1. The molecule has 1 aromatic heterocycles. The maximum Gasteiger partial charge on any atom is 0.268 e. The molecule has 3 amide bonds. The number of aromatic nitrogens is 1. The Hall–Kier alpha value is -4.26. The number of hydrogen-bond acceptors (Lipinski definition) is 5. The van der Waals surface area contributed by atoms with E-state index in [2.05, 4.69) is 15.3 Å². The molecule has 172 valence electrons. The van der Waals surface area contributed by atoms with Gasteiger partial charge in [-0.3, -0.25) is 19.4 Å². The average molecular weight is 463 g/mol. The minimum atomic E-state index is -3.12. The van der Waals surface area contributed by atoms with E-state index >= 15 is 0 Å². The van der Waals surface area contributed by atoms with E-state index in [1.807, 2.05) is 6.07 Å². The summed E-state index contributed by atoms with van der Waals surface area (Å²) < 4.78 is 27.2. The molecular weight excluding hydrogens is 444 g/mol. The second-order valence-corrected chi connectivity index (χ2v) is 7.94. The smallest absolute Gasteiger partial charge is 0.268 e. The van der Waals surface area contributed by atoms with Gasteiger partial charge in [-0.05, 0) is 29.3 Å². The van der Waals surface area contributed by atoms with Crippen LogP contribution in [-0.4, -0.2) is 58.9 Å². The number of halogens is 2. The van der Waals surface area contributed by atoms with Gasteiger partial charge in [0.2, 0.25) is 11.8 Å². The zero-order valence-electron chi connectivity index (χ0n) is 17.9. The number of benzene rings is 1. The molecule has 8 nitrogen and oxygen atoms in total. The van der Waals surface area contributed by atoms with Gasteiger partial charge >= 0.3 is 0 Å². The molecule has 2 aliphatic heterocycles. The van der Waals surface area contributed by atoms with E-state index in [0.717, 1.165) is 16.0 Å². The first-order chi connectivity index (χ1) is 16.3. The fraction of sp³-hybridized carbons (Fsp3) is 0.250. The number of alkyl halides is 2. The number of dihydropyridines is 1. The van der Waals surface area contributed by atoms with Crippen LogP contribution in [0, 0.1) is 11.3 Å². The Bertz CT molecular complexity index is 1310. The van der Waals surface area contributed by atoms with Crippen LogP contribution in [0.3, 0.4) is 0 Å². The number of fused-ring (bicyclic) bond motifs is 1. The summed E-state index contributed by atoms with van der Waals surface area (Å²) >= 11 is 0. The molecule has 0 aliphatic carbocycles. The molecule has 3 heterocycles. The number of amides is 3. The quantitative estimate of drug-likeness (QED) is 0.732. The van der Waals surface area contributed by atoms with E-state index in [1.165, 1.54) is 18.5 Å². The van der Waals surface area contributed by atoms with E-state index in [1.54, 1.807) is 36.4 Å². The van der Waals surface area contributed by atoms with Gasteiger partial charge in [0.05, 0.1) is 30.2 Å². The predicted molar refractivity (Wildman–Crippen MR) is 120 cm³/mol. The molecule has 34 heavy (non-hydrogen) atoms. The molecule has 0 bridgehead atoms. The van der Waals surface area contributed by atoms with Crippen molar-refractivity contribution in [3.63, 3.8) is 0 Å². The Morgan fingerprint density at radius 1 is 1.29 bits per heavy atom. The van der Waals surface area contributed by atoms with Crippen molar-refractivity contribution in [1.29, 1.82) is 5.26 Å². The molecule has 0 saturated carbocycles. The molecule has 1 saturated heterocycles. The number of aliphatic imine (C=N–C) groups is 1. The van der Waals surface area contributed by atoms with Gasteiger partial charge in [-0.1, -0.05) is 24.3 Å². The van der Waals surface area contributed by atoms with Gasteiger partial charge < -0.3 is 10.2 Å². The van der Waals surface area contributed by atoms with Crippen LogP contribution in [0.5, 0.6) is 0 Å². The molecule has 4 rings (SSSR count). The largest absolute Gasteiger partial charge is 0.343 e. The highest BCUT2D eigenvalue weighted by Crippen LogP contribution is 2.31. The maximum absolute atomic E-state index is 13.6. The lowest BCUT2D eigenvalue weighted by atomic mass is 10.0. The van der Waals surface area contributed by atoms with Crippen molar-refractivity contribution in [3.8, 4) is 6.07 Å². The van der Waals surface area contributed by atoms with Crippen molar-refractivity contribution in [2.75, 3.05) is 13.1 Å². The normalized spacial score (nSPS) is 19.3. The Labute approximate surface area is 193 Å². The number of nitriles is 1. The van der Waals surface area contributed by atoms with Gasteiger partial charge in [-0.15, -0.1) is 0 Å². The maximum atomic E-state index is 13.6. The molecule has 10 heteroatoms. The number of nitrogens with one attached hydrogen (secondary N) is 1. The minimum Gasteiger partial charge on any atom is -0.343 e. The summed E-state index contributed by atoms with van der Waals surface area (Å²) in [6.07, 6.45) is 7.83. The van der Waals surface area contributed by atoms with Gasteiger partial charge in [-0.2, -0.15) is 5.26 Å². The van der Waals surface area contributed by atoms with Crippen molar-refractivity contribution in [3.05, 3.63) is 59.3 Å². The Morgan fingerprint density at radius 3 is 2.85 bits per heavy atom. The molecule has 1 unspecified atom stereocenters. The predicted octanol–water partition coefficient (Wildman–Crippen LogP) is 2.67. The molecule has 1 atom stereocenters. The van der Waals surface area contributed by atoms with Crippen LogP contribution in [0.25, 0.3) is 17.0 Å². The van der Waals surface area contributed by atoms with Crippen LogP contribution < -0.4 is 5.32 Å². The first kappa shape index (κ1) is 22.9. The van der Waals surface area contributed by atoms with E-state index in [0.29, 0.717) is 10.9 Å². The summed E-state index contributed by atoms with van der Waals surface area (Å²) in [4.78, 5) is 45.2. The van der Waals surface area contributed by atoms with Crippen LogP contribution in [0.2, 0.25) is 0 Å². The van der Waals surface area contributed by atoms with Crippen molar-refractivity contribution in [2.45, 2.75) is 24.8 Å². The first-order valence-corrected chi connectivity index (χ1v) is 10.4. The number of pyridine rings is 1. The number of allylic oxidation sites excluding steroid dienone is 2. The van der Waals surface area contributed by atoms with Gasteiger partial charge in [0.15, 0.2) is 0 Å². The fourth-order valence-electron chi connectivity index (χ4n) is 3.77. The topological polar surface area (TPSA) is 116 Å². The lowest BCUT2D eigenvalue weighted by Gasteiger charge is -2.19. The van der Waals surface area contributed by atoms with E-state index < -0.39 is 43.3 Å². The van der Waals surface area contributed by atoms with Crippen molar-refractivity contribution < 1.29 is 23.2 Å². The lowest BCUT2D eigenvalue weighted by Crippen LogP contribution is -2.43. The zero-order chi connectivity index (χ0) is 24.3. The molecule has 2 aromatic rings. The highest BCUT2D eigenvalue weighted by atomic mass is 19.3. The highest BCUT2D eigenvalue weighted by Gasteiger charge is 2.47. The molecule has 1 fully saturated rings. The Kier molecular flexibility index (Phi) is 6.27. The van der Waals surface area contributed by atoms with Gasteiger partial charge in [0.1, 0.15) is 6.04 Å². The molecule has 1 N–H and O–H groups in total. The number of carbonyl (C=O) groups excluding carboxylic acids is 3. The number of nitrogens with zero attached hydrogens (tertiary/aromatic N) is 4. The van der Waals surface area contributed by atoms with Gasteiger partial charge in [-0.25, -0.2) is 13.8 Å². The number of carbonyl (C=O) groups is 3. The van der Waals surface area contributed by atoms with E-state index in [4.69, 9.17) is 5.26 Å². The van der Waals surface area contributed by atoms with Crippen molar-refractivity contribution in [2.24, 2.45) is 4.99 Å². The highest BCUT2D eigenvalue weighted by molar-refractivity contribution is 6.07. The van der Waals surface area contributed by atoms with Gasteiger partial charge in [0.25, 0.3) is 11.8 Å². The SMILES string of the molecule is N#CC1CC(F)(F)CN1C(=O)CNC(=O)c1ccnc2ccc(/C=C/C3=CCC(=O)N=C3)cc12. The third-order valence-corrected chi connectivity index (χ3v) is 5.49. The third-order valence-electron chi connectivity index (χ3n) is 5.49. The lowest BCUT2D eigenvalue weighted by molar-refractivity contribution is -0.131. The van der Waals surface area contributed by atoms with Crippen LogP contribution in [0.1, 0.15) is 28.8 Å². The standard InChI is InChI=1S/C24H19F2N5O3/c25-24(26)10-17(11-27)31(14-24)22(33)13-30-23(34)18-7-8-28-20-5-3-15(9-19(18)20)1-2-16-4-6-21(32)29-12-16/h1-5,7-9,12,17H,6,10,13-14H2,(H,30,34)/b2-1+. The summed E-state index contributed by atoms with van der Waals surface area (Å²) in [6, 6.07) is 7.30. The third kappa shape index (κ3) is 5.04. The number of rotatable bonds is 5. The fourth-order valence-corrected chi connectivity index (χ4v) is 3.77. The summed E-state index contributed by atoms with van der Waals surface area (Å²) in [5.74, 6) is -4.65. The average Bonchev–Trinajstić information content (AvgIpc) is 3.16. The van der Waals surface area contributed by atoms with E-state index in [-0.39, 0.29) is 17.9 Å². The minimum absolute atomic E-state index is 0.204. The van der Waals surface area contributed by atoms with Crippen LogP contribution in [-0.2, 0) is 9.59 Å². The summed E-state index contributed by atoms with van der Waals surface area (Å²) in [7, 11) is 0. The zero-order valence-corrected chi connectivity index (χ0v) is 17.9. The van der Waals surface area contributed by atoms with E-state index in [9.17, 15) is 23.2 Å². The van der Waals surface area contributed by atoms with Crippen LogP contribution in [0.4, 0.5) is 8.78 Å². The summed E-state index contributed by atoms with van der Waals surface area (Å²) in [5, 5.41) is 12.1. The van der Waals surface area contributed by atoms with Crippen molar-refractivity contribution in [1.82, 2.24) is 15.2 Å².